The van der Waals surface area contributed by atoms with Gasteiger partial charge in [0.05, 0.1) is 12.6 Å². The van der Waals surface area contributed by atoms with E-state index in [9.17, 15) is 0 Å². The highest BCUT2D eigenvalue weighted by Gasteiger charge is 2.22. The molecule has 3 heterocycles. The number of guanidine groups is 1. The summed E-state index contributed by atoms with van der Waals surface area (Å²) in [5.74, 6) is 1.97. The largest absolute Gasteiger partial charge is 0.376 e. The molecule has 0 saturated carbocycles. The number of nitrogens with one attached hydrogen (secondary N) is 1. The first-order valence-electron chi connectivity index (χ1n) is 9.52. The Bertz CT molecular complexity index is 549. The summed E-state index contributed by atoms with van der Waals surface area (Å²) in [5, 5.41) is 4.49. The summed E-state index contributed by atoms with van der Waals surface area (Å²) in [5.41, 5.74) is 0. The number of hydrogen-bond donors (Lipinski definition) is 1. The van der Waals surface area contributed by atoms with Crippen LogP contribution in [0.3, 0.4) is 0 Å². The number of aromatic nitrogens is 2. The molecule has 7 nitrogen and oxygen atoms in total. The smallest absolute Gasteiger partial charge is 0.205 e. The molecule has 1 aromatic heterocycles. The topological polar surface area (TPSA) is 65.9 Å². The second kappa shape index (κ2) is 9.33. The van der Waals surface area contributed by atoms with E-state index in [2.05, 4.69) is 38.3 Å². The second-order valence-electron chi connectivity index (χ2n) is 6.50. The molecular formula is C17H30N6OS. The van der Waals surface area contributed by atoms with Gasteiger partial charge in [0.25, 0.3) is 0 Å². The average molecular weight is 367 g/mol. The van der Waals surface area contributed by atoms with Crippen molar-refractivity contribution >= 4 is 22.6 Å². The van der Waals surface area contributed by atoms with Crippen LogP contribution in [0.1, 0.15) is 38.9 Å². The number of anilines is 1. The van der Waals surface area contributed by atoms with Crippen molar-refractivity contribution in [2.45, 2.75) is 45.6 Å². The number of piperazine rings is 1. The Hall–Kier alpha value is -1.41. The number of aryl methyl sites for hydroxylation is 1. The predicted octanol–water partition coefficient (Wildman–Crippen LogP) is 1.76. The molecule has 2 aliphatic rings. The summed E-state index contributed by atoms with van der Waals surface area (Å²) in [6, 6.07) is 0. The molecule has 2 aliphatic heterocycles. The normalized spacial score (nSPS) is 22.3. The lowest BCUT2D eigenvalue weighted by atomic mass is 10.1. The van der Waals surface area contributed by atoms with Crippen molar-refractivity contribution in [3.63, 3.8) is 0 Å². The average Bonchev–Trinajstić information content (AvgIpc) is 3.15. The Labute approximate surface area is 154 Å². The summed E-state index contributed by atoms with van der Waals surface area (Å²) in [7, 11) is 0. The highest BCUT2D eigenvalue weighted by Crippen LogP contribution is 2.19. The Kier molecular flexibility index (Phi) is 6.86. The maximum absolute atomic E-state index is 5.81. The van der Waals surface area contributed by atoms with Gasteiger partial charge in [0.1, 0.15) is 5.82 Å². The molecule has 25 heavy (non-hydrogen) atoms. The summed E-state index contributed by atoms with van der Waals surface area (Å²) in [6.45, 7) is 10.6. The summed E-state index contributed by atoms with van der Waals surface area (Å²) in [6.07, 6.45) is 4.77. The lowest BCUT2D eigenvalue weighted by Crippen LogP contribution is -2.52. The van der Waals surface area contributed by atoms with Gasteiger partial charge in [-0.3, -0.25) is 4.99 Å². The minimum absolute atomic E-state index is 0.289. The fourth-order valence-corrected chi connectivity index (χ4v) is 3.99. The van der Waals surface area contributed by atoms with Gasteiger partial charge in [-0.25, -0.2) is 4.98 Å². The lowest BCUT2D eigenvalue weighted by Gasteiger charge is -2.36. The molecule has 0 amide bonds. The quantitative estimate of drug-likeness (QED) is 0.633. The Morgan fingerprint density at radius 2 is 2.12 bits per heavy atom. The third kappa shape index (κ3) is 5.04. The van der Waals surface area contributed by atoms with Crippen molar-refractivity contribution in [2.24, 2.45) is 4.99 Å². The van der Waals surface area contributed by atoms with Crippen LogP contribution in [0.4, 0.5) is 5.13 Å². The molecule has 1 aromatic rings. The molecule has 140 valence electrons. The molecule has 3 rings (SSSR count). The molecule has 2 fully saturated rings. The van der Waals surface area contributed by atoms with Gasteiger partial charge < -0.3 is 19.9 Å². The van der Waals surface area contributed by atoms with Gasteiger partial charge in [-0.05, 0) is 26.2 Å². The molecule has 0 bridgehead atoms. The van der Waals surface area contributed by atoms with Crippen LogP contribution < -0.4 is 10.2 Å². The van der Waals surface area contributed by atoms with Crippen molar-refractivity contribution in [1.82, 2.24) is 19.6 Å². The molecule has 8 heteroatoms. The zero-order chi connectivity index (χ0) is 17.5. The molecule has 0 radical (unpaired) electrons. The number of ether oxygens (including phenoxy) is 1. The van der Waals surface area contributed by atoms with Crippen LogP contribution in [-0.2, 0) is 11.2 Å². The van der Waals surface area contributed by atoms with E-state index in [0.29, 0.717) is 0 Å². The molecule has 2 saturated heterocycles. The highest BCUT2D eigenvalue weighted by atomic mass is 32.1. The maximum Gasteiger partial charge on any atom is 0.205 e. The minimum Gasteiger partial charge on any atom is -0.376 e. The molecule has 0 aliphatic carbocycles. The van der Waals surface area contributed by atoms with E-state index in [0.717, 1.165) is 75.6 Å². The minimum atomic E-state index is 0.289. The summed E-state index contributed by atoms with van der Waals surface area (Å²) >= 11 is 1.51. The molecule has 1 atom stereocenters. The summed E-state index contributed by atoms with van der Waals surface area (Å²) < 4.78 is 10.2. The zero-order valence-electron chi connectivity index (χ0n) is 15.4. The van der Waals surface area contributed by atoms with E-state index >= 15 is 0 Å². The Morgan fingerprint density at radius 1 is 1.28 bits per heavy atom. The van der Waals surface area contributed by atoms with E-state index in [1.165, 1.54) is 24.4 Å². The molecule has 1 unspecified atom stereocenters. The van der Waals surface area contributed by atoms with E-state index in [1.54, 1.807) is 0 Å². The van der Waals surface area contributed by atoms with Gasteiger partial charge in [-0.1, -0.05) is 6.92 Å². The first-order chi connectivity index (χ1) is 12.3. The van der Waals surface area contributed by atoms with Crippen molar-refractivity contribution in [1.29, 1.82) is 0 Å². The summed E-state index contributed by atoms with van der Waals surface area (Å²) in [4.78, 5) is 14.1. The van der Waals surface area contributed by atoms with Crippen molar-refractivity contribution in [3.05, 3.63) is 5.82 Å². The first kappa shape index (κ1) is 18.4. The zero-order valence-corrected chi connectivity index (χ0v) is 16.2. The van der Waals surface area contributed by atoms with Crippen LogP contribution in [0.15, 0.2) is 4.99 Å². The fourth-order valence-electron chi connectivity index (χ4n) is 3.19. The van der Waals surface area contributed by atoms with Crippen LogP contribution in [-0.4, -0.2) is 72.2 Å². The Balaban J connectivity index is 1.54. The number of aliphatic imine (C=N–C) groups is 1. The predicted molar refractivity (Wildman–Crippen MR) is 103 cm³/mol. The van der Waals surface area contributed by atoms with Crippen molar-refractivity contribution < 1.29 is 4.74 Å². The van der Waals surface area contributed by atoms with E-state index in [1.807, 2.05) is 0 Å². The van der Waals surface area contributed by atoms with Crippen LogP contribution in [0.25, 0.3) is 0 Å². The van der Waals surface area contributed by atoms with Crippen LogP contribution in [0, 0.1) is 0 Å². The van der Waals surface area contributed by atoms with Gasteiger partial charge in [-0.15, -0.1) is 0 Å². The number of nitrogens with zero attached hydrogens (tertiary/aromatic N) is 5. The highest BCUT2D eigenvalue weighted by molar-refractivity contribution is 7.09. The first-order valence-corrected chi connectivity index (χ1v) is 10.3. The van der Waals surface area contributed by atoms with E-state index < -0.39 is 0 Å². The van der Waals surface area contributed by atoms with Gasteiger partial charge in [-0.2, -0.15) is 4.37 Å². The number of rotatable bonds is 5. The second-order valence-corrected chi connectivity index (χ2v) is 7.23. The van der Waals surface area contributed by atoms with Crippen molar-refractivity contribution in [2.75, 3.05) is 50.8 Å². The standard InChI is InChI=1S/C17H30N6OS/c1-3-15-20-17(25-21-15)23-10-8-22(9-11-23)16(18-4-2)19-13-14-7-5-6-12-24-14/h14H,3-13H2,1-2H3,(H,18,19). The van der Waals surface area contributed by atoms with Crippen LogP contribution in [0.2, 0.25) is 0 Å². The van der Waals surface area contributed by atoms with Gasteiger partial charge in [0.2, 0.25) is 5.13 Å². The van der Waals surface area contributed by atoms with Gasteiger partial charge in [0, 0.05) is 57.3 Å². The Morgan fingerprint density at radius 3 is 2.76 bits per heavy atom. The SMILES string of the molecule is CCNC(=NCC1CCCCO1)N1CCN(c2nc(CC)ns2)CC1. The lowest BCUT2D eigenvalue weighted by molar-refractivity contribution is 0.0223. The monoisotopic (exact) mass is 366 g/mol. The third-order valence-corrected chi connectivity index (χ3v) is 5.49. The van der Waals surface area contributed by atoms with Gasteiger partial charge in [0.15, 0.2) is 5.96 Å². The molecule has 0 spiro atoms. The van der Waals surface area contributed by atoms with E-state index in [4.69, 9.17) is 9.73 Å². The van der Waals surface area contributed by atoms with Crippen LogP contribution >= 0.6 is 11.5 Å². The molecular weight excluding hydrogens is 336 g/mol. The fraction of sp³-hybridized carbons (Fsp3) is 0.824. The molecule has 1 N–H and O–H groups in total. The third-order valence-electron chi connectivity index (χ3n) is 4.68. The number of hydrogen-bond acceptors (Lipinski definition) is 6. The van der Waals surface area contributed by atoms with Crippen molar-refractivity contribution in [3.8, 4) is 0 Å². The van der Waals surface area contributed by atoms with Gasteiger partial charge >= 0.3 is 0 Å². The molecule has 0 aromatic carbocycles. The van der Waals surface area contributed by atoms with Crippen LogP contribution in [0.5, 0.6) is 0 Å². The van der Waals surface area contributed by atoms with E-state index in [-0.39, 0.29) is 6.10 Å². The maximum atomic E-state index is 5.81.